The Labute approximate surface area is 161 Å². The SMILES string of the molecule is CC1Cn2c(=O)oc3cccc(c32)CN1CC1CCC1.O=C(O)/C=C/C(=O)O. The van der Waals surface area contributed by atoms with Crippen molar-refractivity contribution in [1.82, 2.24) is 9.47 Å². The number of para-hydroxylation sites is 1. The molecule has 0 bridgehead atoms. The predicted molar refractivity (Wildman–Crippen MR) is 102 cm³/mol. The Morgan fingerprint density at radius 2 is 1.89 bits per heavy atom. The normalized spacial score (nSPS) is 19.7. The highest BCUT2D eigenvalue weighted by Crippen LogP contribution is 2.30. The van der Waals surface area contributed by atoms with Gasteiger partial charge in [-0.2, -0.15) is 0 Å². The van der Waals surface area contributed by atoms with Gasteiger partial charge in [0.1, 0.15) is 0 Å². The summed E-state index contributed by atoms with van der Waals surface area (Å²) in [6.07, 6.45) is 5.22. The summed E-state index contributed by atoms with van der Waals surface area (Å²) in [7, 11) is 0. The number of rotatable bonds is 4. The molecule has 8 heteroatoms. The van der Waals surface area contributed by atoms with Crippen LogP contribution in [0.15, 0.2) is 39.6 Å². The summed E-state index contributed by atoms with van der Waals surface area (Å²) in [5, 5.41) is 15.6. The van der Waals surface area contributed by atoms with Gasteiger partial charge in [0.15, 0.2) is 5.58 Å². The molecule has 1 aliphatic heterocycles. The summed E-state index contributed by atoms with van der Waals surface area (Å²) in [5.74, 6) is -1.88. The van der Waals surface area contributed by atoms with Crippen LogP contribution in [-0.2, 0) is 22.7 Å². The molecule has 1 unspecified atom stereocenters. The number of aliphatic carboxylic acids is 2. The number of carboxylic acid groups (broad SMARTS) is 2. The van der Waals surface area contributed by atoms with Crippen molar-refractivity contribution in [2.75, 3.05) is 6.54 Å². The van der Waals surface area contributed by atoms with Gasteiger partial charge in [0, 0.05) is 37.8 Å². The number of benzene rings is 1. The van der Waals surface area contributed by atoms with Crippen molar-refractivity contribution in [3.05, 3.63) is 46.5 Å². The van der Waals surface area contributed by atoms with Gasteiger partial charge < -0.3 is 14.6 Å². The average Bonchev–Trinajstić information content (AvgIpc) is 2.83. The van der Waals surface area contributed by atoms with E-state index in [0.717, 1.165) is 36.7 Å². The zero-order valence-electron chi connectivity index (χ0n) is 15.7. The van der Waals surface area contributed by atoms with Gasteiger partial charge in [-0.05, 0) is 37.3 Å². The van der Waals surface area contributed by atoms with E-state index >= 15 is 0 Å². The van der Waals surface area contributed by atoms with Gasteiger partial charge in [0.25, 0.3) is 0 Å². The lowest BCUT2D eigenvalue weighted by Gasteiger charge is -2.35. The fourth-order valence-electron chi connectivity index (χ4n) is 3.64. The Balaban J connectivity index is 0.000000242. The van der Waals surface area contributed by atoms with Crippen molar-refractivity contribution in [2.45, 2.75) is 45.3 Å². The van der Waals surface area contributed by atoms with Crippen molar-refractivity contribution in [3.63, 3.8) is 0 Å². The van der Waals surface area contributed by atoms with Crippen LogP contribution in [0.2, 0.25) is 0 Å². The van der Waals surface area contributed by atoms with Gasteiger partial charge in [-0.25, -0.2) is 14.4 Å². The zero-order valence-corrected chi connectivity index (χ0v) is 15.7. The van der Waals surface area contributed by atoms with Crippen LogP contribution in [0.3, 0.4) is 0 Å². The summed E-state index contributed by atoms with van der Waals surface area (Å²) in [5.41, 5.74) is 2.95. The van der Waals surface area contributed by atoms with Gasteiger partial charge in [-0.15, -0.1) is 0 Å². The van der Waals surface area contributed by atoms with E-state index in [1.54, 1.807) is 0 Å². The first kappa shape index (κ1) is 19.9. The molecule has 1 aliphatic carbocycles. The maximum atomic E-state index is 12.0. The second-order valence-corrected chi connectivity index (χ2v) is 7.33. The maximum absolute atomic E-state index is 12.0. The molecule has 8 nitrogen and oxygen atoms in total. The van der Waals surface area contributed by atoms with Crippen LogP contribution in [0.5, 0.6) is 0 Å². The van der Waals surface area contributed by atoms with Crippen molar-refractivity contribution < 1.29 is 24.2 Å². The highest BCUT2D eigenvalue weighted by Gasteiger charge is 2.28. The molecule has 2 aliphatic rings. The molecule has 0 saturated heterocycles. The standard InChI is InChI=1S/C16H20N2O2.C4H4O4/c1-11-8-18-15-13(6-3-7-14(15)20-16(18)19)10-17(11)9-12-4-2-5-12;5-3(6)1-2-4(7)8/h3,6-7,11-12H,2,4-5,8-10H2,1H3;1-2H,(H,5,6)(H,7,8)/b;2-1+. The first-order valence-corrected chi connectivity index (χ1v) is 9.34. The molecule has 1 aromatic carbocycles. The van der Waals surface area contributed by atoms with Gasteiger partial charge in [0.05, 0.1) is 5.52 Å². The Morgan fingerprint density at radius 3 is 2.46 bits per heavy atom. The summed E-state index contributed by atoms with van der Waals surface area (Å²) in [6, 6.07) is 6.38. The second kappa shape index (κ2) is 8.43. The number of nitrogens with zero attached hydrogens (tertiary/aromatic N) is 2. The molecular weight excluding hydrogens is 364 g/mol. The first-order valence-electron chi connectivity index (χ1n) is 9.34. The molecule has 2 aromatic rings. The van der Waals surface area contributed by atoms with E-state index in [-0.39, 0.29) is 5.76 Å². The lowest BCUT2D eigenvalue weighted by atomic mass is 9.85. The minimum Gasteiger partial charge on any atom is -0.478 e. The molecule has 2 N–H and O–H groups in total. The summed E-state index contributed by atoms with van der Waals surface area (Å²) in [6.45, 7) is 5.03. The summed E-state index contributed by atoms with van der Waals surface area (Å²) in [4.78, 5) is 33.7. The lowest BCUT2D eigenvalue weighted by molar-refractivity contribution is -0.134. The smallest absolute Gasteiger partial charge is 0.420 e. The Hall–Kier alpha value is -2.87. The molecular formula is C20H24N2O6. The molecule has 1 atom stereocenters. The van der Waals surface area contributed by atoms with Crippen LogP contribution in [-0.4, -0.2) is 44.2 Å². The molecule has 0 amide bonds. The van der Waals surface area contributed by atoms with Crippen molar-refractivity contribution in [2.24, 2.45) is 5.92 Å². The van der Waals surface area contributed by atoms with Gasteiger partial charge >= 0.3 is 17.7 Å². The molecule has 1 aromatic heterocycles. The Morgan fingerprint density at radius 1 is 1.21 bits per heavy atom. The van der Waals surface area contributed by atoms with Crippen LogP contribution in [0.1, 0.15) is 31.7 Å². The largest absolute Gasteiger partial charge is 0.478 e. The first-order chi connectivity index (χ1) is 13.3. The van der Waals surface area contributed by atoms with Crippen molar-refractivity contribution >= 4 is 23.0 Å². The lowest BCUT2D eigenvalue weighted by Crippen LogP contribution is -2.40. The molecule has 2 heterocycles. The van der Waals surface area contributed by atoms with Crippen LogP contribution < -0.4 is 5.76 Å². The zero-order chi connectivity index (χ0) is 20.3. The summed E-state index contributed by atoms with van der Waals surface area (Å²) >= 11 is 0. The second-order valence-electron chi connectivity index (χ2n) is 7.33. The van der Waals surface area contributed by atoms with Crippen molar-refractivity contribution in [1.29, 1.82) is 0 Å². The van der Waals surface area contributed by atoms with Gasteiger partial charge in [0.2, 0.25) is 0 Å². The fourth-order valence-corrected chi connectivity index (χ4v) is 3.64. The molecule has 0 radical (unpaired) electrons. The van der Waals surface area contributed by atoms with E-state index in [9.17, 15) is 14.4 Å². The molecule has 1 fully saturated rings. The number of carboxylic acids is 2. The van der Waals surface area contributed by atoms with E-state index in [2.05, 4.69) is 17.9 Å². The maximum Gasteiger partial charge on any atom is 0.420 e. The van der Waals surface area contributed by atoms with E-state index in [0.29, 0.717) is 18.2 Å². The number of aromatic nitrogens is 1. The highest BCUT2D eigenvalue weighted by molar-refractivity contribution is 5.89. The third-order valence-electron chi connectivity index (χ3n) is 5.30. The topological polar surface area (TPSA) is 113 Å². The van der Waals surface area contributed by atoms with Crippen LogP contribution in [0.25, 0.3) is 11.1 Å². The number of oxazole rings is 1. The molecule has 4 rings (SSSR count). The average molecular weight is 388 g/mol. The molecule has 0 spiro atoms. The quantitative estimate of drug-likeness (QED) is 0.773. The van der Waals surface area contributed by atoms with E-state index in [1.807, 2.05) is 16.7 Å². The minimum absolute atomic E-state index is 0.218. The predicted octanol–water partition coefficient (Wildman–Crippen LogP) is 2.31. The number of carbonyl (C=O) groups is 2. The Kier molecular flexibility index (Phi) is 5.99. The highest BCUT2D eigenvalue weighted by atomic mass is 16.4. The fraction of sp³-hybridized carbons (Fsp3) is 0.450. The third kappa shape index (κ3) is 4.51. The van der Waals surface area contributed by atoms with Crippen molar-refractivity contribution in [3.8, 4) is 0 Å². The monoisotopic (exact) mass is 388 g/mol. The minimum atomic E-state index is -1.26. The van der Waals surface area contributed by atoms with Gasteiger partial charge in [-0.1, -0.05) is 18.6 Å². The number of hydrogen-bond acceptors (Lipinski definition) is 5. The third-order valence-corrected chi connectivity index (χ3v) is 5.30. The van der Waals surface area contributed by atoms with Crippen LogP contribution in [0.4, 0.5) is 0 Å². The molecule has 1 saturated carbocycles. The number of hydrogen-bond donors (Lipinski definition) is 2. The van der Waals surface area contributed by atoms with Crippen LogP contribution in [0, 0.1) is 5.92 Å². The van der Waals surface area contributed by atoms with E-state index in [1.165, 1.54) is 24.8 Å². The van der Waals surface area contributed by atoms with Crippen LogP contribution >= 0.6 is 0 Å². The van der Waals surface area contributed by atoms with E-state index in [4.69, 9.17) is 14.6 Å². The Bertz CT molecular complexity index is 937. The van der Waals surface area contributed by atoms with Gasteiger partial charge in [-0.3, -0.25) is 9.47 Å². The molecule has 28 heavy (non-hydrogen) atoms. The molecule has 150 valence electrons. The van der Waals surface area contributed by atoms with E-state index < -0.39 is 11.9 Å². The summed E-state index contributed by atoms with van der Waals surface area (Å²) < 4.78 is 7.17.